The number of benzene rings is 2. The average Bonchev–Trinajstić information content (AvgIpc) is 3.53. The Morgan fingerprint density at radius 3 is 2.42 bits per heavy atom. The third-order valence-corrected chi connectivity index (χ3v) is 12.4. The molecule has 256 valence electrons. The molecule has 1 fully saturated rings. The molecule has 3 N–H and O–H groups in total. The molecule has 1 aromatic heterocycles. The summed E-state index contributed by atoms with van der Waals surface area (Å²) < 4.78 is 55.2. The van der Waals surface area contributed by atoms with E-state index in [-0.39, 0.29) is 34.2 Å². The third kappa shape index (κ3) is 6.66. The van der Waals surface area contributed by atoms with Crippen LogP contribution in [0.25, 0.3) is 11.6 Å². The molecule has 2 amide bonds. The molecule has 0 radical (unpaired) electrons. The van der Waals surface area contributed by atoms with Gasteiger partial charge in [-0.1, -0.05) is 24.2 Å². The Labute approximate surface area is 285 Å². The molecule has 3 aromatic rings. The van der Waals surface area contributed by atoms with Gasteiger partial charge in [-0.15, -0.1) is 0 Å². The predicted octanol–water partition coefficient (Wildman–Crippen LogP) is 2.95. The Hall–Kier alpha value is -3.99. The monoisotopic (exact) mass is 716 g/mol. The Morgan fingerprint density at radius 2 is 1.77 bits per heavy atom. The molecule has 16 heteroatoms. The molecule has 1 saturated heterocycles. The van der Waals surface area contributed by atoms with E-state index in [0.29, 0.717) is 59.4 Å². The van der Waals surface area contributed by atoms with Crippen LogP contribution in [0.3, 0.4) is 0 Å². The van der Waals surface area contributed by atoms with Gasteiger partial charge >= 0.3 is 0 Å². The quantitative estimate of drug-likeness (QED) is 0.270. The van der Waals surface area contributed by atoms with Gasteiger partial charge in [-0.2, -0.15) is 4.31 Å². The molecule has 0 unspecified atom stereocenters. The summed E-state index contributed by atoms with van der Waals surface area (Å²) in [4.78, 5) is 33.7. The maximum atomic E-state index is 13.9. The number of rotatable bonds is 10. The number of carbonyl (C=O) groups excluding carboxylic acids is 2. The van der Waals surface area contributed by atoms with Gasteiger partial charge in [-0.3, -0.25) is 13.9 Å². The lowest BCUT2D eigenvalue weighted by atomic mass is 10.0. The van der Waals surface area contributed by atoms with Gasteiger partial charge < -0.3 is 25.2 Å². The molecule has 0 spiro atoms. The smallest absolute Gasteiger partial charge is 0.264 e. The number of halogens is 1. The maximum Gasteiger partial charge on any atom is 0.264 e. The van der Waals surface area contributed by atoms with E-state index in [1.54, 1.807) is 30.0 Å². The number of aliphatic hydroxyl groups is 1. The number of amides is 2. The minimum absolute atomic E-state index is 0.0584. The molecule has 2 aliphatic heterocycles. The van der Waals surface area contributed by atoms with Gasteiger partial charge in [0.1, 0.15) is 0 Å². The number of aliphatic hydroxyl groups excluding tert-OH is 1. The van der Waals surface area contributed by atoms with Crippen molar-refractivity contribution in [3.63, 3.8) is 0 Å². The van der Waals surface area contributed by atoms with Gasteiger partial charge in [0.15, 0.2) is 0 Å². The first-order chi connectivity index (χ1) is 22.6. The number of sulfonamides is 2. The molecule has 48 heavy (non-hydrogen) atoms. The van der Waals surface area contributed by atoms with Crippen LogP contribution in [0.15, 0.2) is 58.8 Å². The normalized spacial score (nSPS) is 16.4. The first kappa shape index (κ1) is 35.3. The molecule has 0 saturated carbocycles. The van der Waals surface area contributed by atoms with E-state index in [4.69, 9.17) is 11.6 Å². The highest BCUT2D eigenvalue weighted by Crippen LogP contribution is 2.37. The van der Waals surface area contributed by atoms with Gasteiger partial charge in [0, 0.05) is 67.9 Å². The van der Waals surface area contributed by atoms with Crippen molar-refractivity contribution in [2.45, 2.75) is 18.4 Å². The average molecular weight is 717 g/mol. The minimum Gasteiger partial charge on any atom is -0.391 e. The topological polar surface area (TPSA) is 163 Å². The Bertz CT molecular complexity index is 2050. The van der Waals surface area contributed by atoms with Crippen LogP contribution in [-0.4, -0.2) is 107 Å². The molecule has 13 nitrogen and oxygen atoms in total. The fourth-order valence-corrected chi connectivity index (χ4v) is 7.90. The fraction of sp³-hybridized carbons (Fsp3) is 0.312. The molecule has 2 aromatic carbocycles. The number of anilines is 2. The lowest BCUT2D eigenvalue weighted by Crippen LogP contribution is -2.47. The first-order valence-corrected chi connectivity index (χ1v) is 18.2. The Balaban J connectivity index is 1.57. The Kier molecular flexibility index (Phi) is 9.93. The number of nitrogens with zero attached hydrogens (tertiary/aromatic N) is 4. The molecule has 3 heterocycles. The zero-order valence-electron chi connectivity index (χ0n) is 26.9. The summed E-state index contributed by atoms with van der Waals surface area (Å²) in [5.74, 6) is -0.777. The van der Waals surface area contributed by atoms with Crippen molar-refractivity contribution < 1.29 is 31.5 Å². The van der Waals surface area contributed by atoms with E-state index in [2.05, 4.69) is 21.8 Å². The lowest BCUT2D eigenvalue weighted by Gasteiger charge is -2.32. The van der Waals surface area contributed by atoms with Crippen LogP contribution >= 0.6 is 11.6 Å². The highest BCUT2D eigenvalue weighted by atomic mass is 35.5. The number of fused-ring (bicyclic) bond motifs is 1. The van der Waals surface area contributed by atoms with Crippen molar-refractivity contribution >= 4 is 66.5 Å². The van der Waals surface area contributed by atoms with Crippen molar-refractivity contribution in [1.82, 2.24) is 19.1 Å². The van der Waals surface area contributed by atoms with Crippen molar-refractivity contribution in [2.24, 2.45) is 0 Å². The number of hydrogen-bond acceptors (Lipinski definition) is 8. The minimum atomic E-state index is -4.10. The number of aromatic nitrogens is 1. The summed E-state index contributed by atoms with van der Waals surface area (Å²) in [5.41, 5.74) is 2.66. The number of hydrogen-bond donors (Lipinski definition) is 3. The number of likely N-dealkylation sites (N-methyl/N-ethyl adjacent to an activating group) is 1. The maximum absolute atomic E-state index is 13.9. The van der Waals surface area contributed by atoms with Gasteiger partial charge in [-0.25, -0.2) is 16.8 Å². The molecular weight excluding hydrogens is 680 g/mol. The number of aromatic amines is 1. The lowest BCUT2D eigenvalue weighted by molar-refractivity contribution is -0.110. The fourth-order valence-electron chi connectivity index (χ4n) is 5.59. The van der Waals surface area contributed by atoms with Gasteiger partial charge in [0.25, 0.3) is 21.8 Å². The van der Waals surface area contributed by atoms with E-state index < -0.39 is 37.5 Å². The molecule has 2 aliphatic rings. The second kappa shape index (κ2) is 13.5. The van der Waals surface area contributed by atoms with Crippen LogP contribution in [0.1, 0.15) is 32.9 Å². The Morgan fingerprint density at radius 1 is 1.08 bits per heavy atom. The van der Waals surface area contributed by atoms with E-state index in [1.807, 2.05) is 7.05 Å². The largest absolute Gasteiger partial charge is 0.391 e. The summed E-state index contributed by atoms with van der Waals surface area (Å²) in [6.45, 7) is 6.42. The van der Waals surface area contributed by atoms with Crippen LogP contribution in [0, 0.1) is 6.92 Å². The van der Waals surface area contributed by atoms with Crippen LogP contribution in [-0.2, 0) is 31.4 Å². The number of H-pyrrole nitrogens is 1. The standard InChI is InChI=1S/C32H37ClN6O7S2/c1-20(19-40)47(43,44)37(4)18-29-30(32(42)39-13-11-36(3)12-14-39)21(2)28(34-29)17-26-25-16-24(9-10-27(25)35-31(26)41)48(45,46)38(5)23-8-6-7-22(33)15-23/h6-10,15-17,34,40H,1,11-14,18-19H2,2-5H3,(H,35,41). The van der Waals surface area contributed by atoms with Crippen molar-refractivity contribution in [3.05, 3.63) is 87.0 Å². The molecule has 5 rings (SSSR count). The van der Waals surface area contributed by atoms with Crippen LogP contribution in [0.4, 0.5) is 11.4 Å². The van der Waals surface area contributed by atoms with Gasteiger partial charge in [-0.05, 0) is 62.0 Å². The molecular formula is C32H37ClN6O7S2. The molecule has 0 bridgehead atoms. The van der Waals surface area contributed by atoms with Crippen LogP contribution in [0.5, 0.6) is 0 Å². The van der Waals surface area contributed by atoms with Gasteiger partial charge in [0.2, 0.25) is 10.0 Å². The summed E-state index contributed by atoms with van der Waals surface area (Å²) >= 11 is 6.09. The number of piperazine rings is 1. The first-order valence-electron chi connectivity index (χ1n) is 14.9. The van der Waals surface area contributed by atoms with E-state index in [9.17, 15) is 31.5 Å². The SMILES string of the molecule is C=C(CO)S(=O)(=O)N(C)Cc1[nH]c(C=C2C(=O)Nc3ccc(S(=O)(=O)N(C)c4cccc(Cl)c4)cc32)c(C)c1C(=O)N1CCN(C)CC1. The number of nitrogens with one attached hydrogen (secondary N) is 2. The zero-order valence-corrected chi connectivity index (χ0v) is 29.3. The van der Waals surface area contributed by atoms with E-state index >= 15 is 0 Å². The van der Waals surface area contributed by atoms with E-state index in [0.717, 1.165) is 8.61 Å². The van der Waals surface area contributed by atoms with Crippen LogP contribution < -0.4 is 9.62 Å². The highest BCUT2D eigenvalue weighted by Gasteiger charge is 2.32. The second-order valence-corrected chi connectivity index (χ2v) is 16.3. The van der Waals surface area contributed by atoms with Crippen molar-refractivity contribution in [2.75, 3.05) is 63.6 Å². The summed E-state index contributed by atoms with van der Waals surface area (Å²) in [7, 11) is -3.47. The highest BCUT2D eigenvalue weighted by molar-refractivity contribution is 7.93. The van der Waals surface area contributed by atoms with Crippen molar-refractivity contribution in [3.8, 4) is 0 Å². The second-order valence-electron chi connectivity index (χ2n) is 11.7. The zero-order chi connectivity index (χ0) is 35.1. The molecule has 0 aliphatic carbocycles. The van der Waals surface area contributed by atoms with Crippen LogP contribution in [0.2, 0.25) is 5.02 Å². The molecule has 0 atom stereocenters. The summed E-state index contributed by atoms with van der Waals surface area (Å²) in [6, 6.07) is 10.7. The summed E-state index contributed by atoms with van der Waals surface area (Å²) in [5, 5.41) is 12.6. The van der Waals surface area contributed by atoms with Crippen molar-refractivity contribution in [1.29, 1.82) is 0 Å². The third-order valence-electron chi connectivity index (χ3n) is 8.60. The summed E-state index contributed by atoms with van der Waals surface area (Å²) in [6.07, 6.45) is 1.53. The van der Waals surface area contributed by atoms with E-state index in [1.165, 1.54) is 44.4 Å². The number of carbonyl (C=O) groups is 2. The van der Waals surface area contributed by atoms with Gasteiger partial charge in [0.05, 0.1) is 39.8 Å². The predicted molar refractivity (Wildman–Crippen MR) is 186 cm³/mol.